The van der Waals surface area contributed by atoms with Gasteiger partial charge in [0.2, 0.25) is 5.91 Å². The summed E-state index contributed by atoms with van der Waals surface area (Å²) in [6, 6.07) is 16.9. The van der Waals surface area contributed by atoms with Gasteiger partial charge in [0.1, 0.15) is 0 Å². The van der Waals surface area contributed by atoms with Crippen LogP contribution in [0.1, 0.15) is 12.5 Å². The third-order valence-electron chi connectivity index (χ3n) is 3.97. The summed E-state index contributed by atoms with van der Waals surface area (Å²) < 4.78 is 1.55. The second kappa shape index (κ2) is 8.92. The largest absolute Gasteiger partial charge is 0.343 e. The summed E-state index contributed by atoms with van der Waals surface area (Å²) in [7, 11) is 0. The van der Waals surface area contributed by atoms with Gasteiger partial charge in [-0.25, -0.2) is 9.89 Å². The molecule has 0 saturated heterocycles. The topological polar surface area (TPSA) is 79.8 Å². The summed E-state index contributed by atoms with van der Waals surface area (Å²) in [5, 5.41) is 9.82. The summed E-state index contributed by atoms with van der Waals surface area (Å²) in [4.78, 5) is 24.5. The summed E-state index contributed by atoms with van der Waals surface area (Å²) in [5.41, 5.74) is 1.40. The number of anilines is 1. The van der Waals surface area contributed by atoms with Gasteiger partial charge in [0.15, 0.2) is 5.16 Å². The SMILES string of the molecule is CC(Sc1n[nH]c(=O)n1CCc1ccccc1)C(=O)Nc1ccccc1Cl. The summed E-state index contributed by atoms with van der Waals surface area (Å²) in [6.45, 7) is 2.25. The monoisotopic (exact) mass is 402 g/mol. The molecule has 27 heavy (non-hydrogen) atoms. The molecule has 1 aromatic heterocycles. The van der Waals surface area contributed by atoms with Crippen LogP contribution in [0.15, 0.2) is 64.5 Å². The number of hydrogen-bond donors (Lipinski definition) is 2. The highest BCUT2D eigenvalue weighted by molar-refractivity contribution is 8.00. The number of H-pyrrole nitrogens is 1. The maximum absolute atomic E-state index is 12.5. The van der Waals surface area contributed by atoms with Crippen molar-refractivity contribution in [1.29, 1.82) is 0 Å². The van der Waals surface area contributed by atoms with Crippen LogP contribution in [0.5, 0.6) is 0 Å². The molecule has 0 aliphatic rings. The molecule has 3 rings (SSSR count). The number of carbonyl (C=O) groups excluding carboxylic acids is 1. The first-order chi connectivity index (χ1) is 13.0. The molecule has 0 fully saturated rings. The third kappa shape index (κ3) is 5.02. The number of nitrogens with zero attached hydrogens (tertiary/aromatic N) is 2. The standard InChI is InChI=1S/C19H19ClN4O2S/c1-13(17(25)21-16-10-6-5-9-15(16)20)27-19-23-22-18(26)24(19)12-11-14-7-3-2-4-8-14/h2-10,13H,11-12H2,1H3,(H,21,25)(H,22,26). The van der Waals surface area contributed by atoms with Crippen LogP contribution in [0.2, 0.25) is 5.02 Å². The molecule has 0 radical (unpaired) electrons. The minimum Gasteiger partial charge on any atom is -0.324 e. The second-order valence-corrected chi connectivity index (χ2v) is 7.64. The zero-order valence-corrected chi connectivity index (χ0v) is 16.3. The zero-order chi connectivity index (χ0) is 19.2. The lowest BCUT2D eigenvalue weighted by molar-refractivity contribution is -0.115. The van der Waals surface area contributed by atoms with Gasteiger partial charge in [-0.15, -0.1) is 5.10 Å². The number of amides is 1. The molecule has 3 aromatic rings. The molecular weight excluding hydrogens is 384 g/mol. The van der Waals surface area contributed by atoms with Crippen molar-refractivity contribution in [3.8, 4) is 0 Å². The number of halogens is 1. The Hall–Kier alpha value is -2.51. The van der Waals surface area contributed by atoms with Gasteiger partial charge < -0.3 is 5.32 Å². The Labute approximate surface area is 165 Å². The number of thioether (sulfide) groups is 1. The minimum absolute atomic E-state index is 0.210. The van der Waals surface area contributed by atoms with Crippen LogP contribution in [-0.2, 0) is 17.8 Å². The number of hydrogen-bond acceptors (Lipinski definition) is 4. The van der Waals surface area contributed by atoms with E-state index in [0.29, 0.717) is 28.8 Å². The number of carbonyl (C=O) groups is 1. The van der Waals surface area contributed by atoms with Crippen molar-refractivity contribution >= 4 is 35.0 Å². The zero-order valence-electron chi connectivity index (χ0n) is 14.7. The number of benzene rings is 2. The van der Waals surface area contributed by atoms with E-state index in [4.69, 9.17) is 11.6 Å². The van der Waals surface area contributed by atoms with E-state index in [-0.39, 0.29) is 11.6 Å². The lowest BCUT2D eigenvalue weighted by Gasteiger charge is -2.13. The number of aromatic amines is 1. The molecule has 2 aromatic carbocycles. The predicted octanol–water partition coefficient (Wildman–Crippen LogP) is 3.59. The molecule has 0 bridgehead atoms. The summed E-state index contributed by atoms with van der Waals surface area (Å²) in [6.07, 6.45) is 0.702. The average molecular weight is 403 g/mol. The first kappa shape index (κ1) is 19.3. The van der Waals surface area contributed by atoms with Crippen molar-refractivity contribution in [3.05, 3.63) is 75.7 Å². The van der Waals surface area contributed by atoms with E-state index in [1.807, 2.05) is 30.3 Å². The molecule has 6 nitrogen and oxygen atoms in total. The highest BCUT2D eigenvalue weighted by atomic mass is 35.5. The fourth-order valence-electron chi connectivity index (χ4n) is 2.48. The molecule has 1 unspecified atom stereocenters. The van der Waals surface area contributed by atoms with Crippen molar-refractivity contribution < 1.29 is 4.79 Å². The van der Waals surface area contributed by atoms with Crippen molar-refractivity contribution in [3.63, 3.8) is 0 Å². The lowest BCUT2D eigenvalue weighted by atomic mass is 10.1. The lowest BCUT2D eigenvalue weighted by Crippen LogP contribution is -2.24. The molecule has 140 valence electrons. The number of rotatable bonds is 7. The molecule has 0 aliphatic carbocycles. The maximum atomic E-state index is 12.5. The van der Waals surface area contributed by atoms with Gasteiger partial charge in [-0.2, -0.15) is 0 Å². The highest BCUT2D eigenvalue weighted by Crippen LogP contribution is 2.24. The van der Waals surface area contributed by atoms with Gasteiger partial charge in [-0.05, 0) is 31.0 Å². The van der Waals surface area contributed by atoms with E-state index < -0.39 is 5.25 Å². The smallest absolute Gasteiger partial charge is 0.324 e. The Balaban J connectivity index is 1.65. The summed E-state index contributed by atoms with van der Waals surface area (Å²) in [5.74, 6) is -0.210. The molecule has 0 aliphatic heterocycles. The van der Waals surface area contributed by atoms with Crippen molar-refractivity contribution in [2.24, 2.45) is 0 Å². The van der Waals surface area contributed by atoms with Crippen LogP contribution >= 0.6 is 23.4 Å². The van der Waals surface area contributed by atoms with Crippen molar-refractivity contribution in [1.82, 2.24) is 14.8 Å². The summed E-state index contributed by atoms with van der Waals surface area (Å²) >= 11 is 7.30. The van der Waals surface area contributed by atoms with E-state index in [9.17, 15) is 9.59 Å². The minimum atomic E-state index is -0.452. The Morgan fingerprint density at radius 2 is 1.93 bits per heavy atom. The fourth-order valence-corrected chi connectivity index (χ4v) is 3.55. The van der Waals surface area contributed by atoms with E-state index in [2.05, 4.69) is 15.5 Å². The van der Waals surface area contributed by atoms with E-state index >= 15 is 0 Å². The van der Waals surface area contributed by atoms with Crippen LogP contribution in [0.25, 0.3) is 0 Å². The van der Waals surface area contributed by atoms with Crippen molar-refractivity contribution in [2.45, 2.75) is 30.3 Å². The number of aryl methyl sites for hydroxylation is 1. The van der Waals surface area contributed by atoms with Gasteiger partial charge in [0, 0.05) is 6.54 Å². The van der Waals surface area contributed by atoms with Crippen molar-refractivity contribution in [2.75, 3.05) is 5.32 Å². The maximum Gasteiger partial charge on any atom is 0.343 e. The average Bonchev–Trinajstić information content (AvgIpc) is 3.02. The van der Waals surface area contributed by atoms with E-state index in [0.717, 1.165) is 5.56 Å². The number of para-hydroxylation sites is 1. The fraction of sp³-hybridized carbons (Fsp3) is 0.211. The molecule has 8 heteroatoms. The first-order valence-electron chi connectivity index (χ1n) is 8.46. The van der Waals surface area contributed by atoms with Gasteiger partial charge in [0.05, 0.1) is 16.0 Å². The van der Waals surface area contributed by atoms with Crippen LogP contribution in [0.3, 0.4) is 0 Å². The number of nitrogens with one attached hydrogen (secondary N) is 2. The Morgan fingerprint density at radius 3 is 2.67 bits per heavy atom. The third-order valence-corrected chi connectivity index (χ3v) is 5.39. The molecule has 1 amide bonds. The Bertz CT molecular complexity index is 971. The Morgan fingerprint density at radius 1 is 1.22 bits per heavy atom. The first-order valence-corrected chi connectivity index (χ1v) is 9.71. The molecule has 0 spiro atoms. The number of aromatic nitrogens is 3. The molecule has 1 heterocycles. The van der Waals surface area contributed by atoms with E-state index in [1.165, 1.54) is 11.8 Å². The van der Waals surface area contributed by atoms with Gasteiger partial charge in [-0.3, -0.25) is 9.36 Å². The van der Waals surface area contributed by atoms with E-state index in [1.54, 1.807) is 35.8 Å². The predicted molar refractivity (Wildman–Crippen MR) is 108 cm³/mol. The Kier molecular flexibility index (Phi) is 6.36. The van der Waals surface area contributed by atoms with Crippen LogP contribution in [0.4, 0.5) is 5.69 Å². The van der Waals surface area contributed by atoms with Crippen LogP contribution in [0, 0.1) is 0 Å². The molecule has 1 atom stereocenters. The van der Waals surface area contributed by atoms with Gasteiger partial charge in [-0.1, -0.05) is 65.8 Å². The van der Waals surface area contributed by atoms with Gasteiger partial charge in [0.25, 0.3) is 0 Å². The molecule has 2 N–H and O–H groups in total. The quantitative estimate of drug-likeness (QED) is 0.592. The normalized spacial score (nSPS) is 11.9. The van der Waals surface area contributed by atoms with Gasteiger partial charge >= 0.3 is 5.69 Å². The van der Waals surface area contributed by atoms with Crippen LogP contribution < -0.4 is 11.0 Å². The van der Waals surface area contributed by atoms with Crippen LogP contribution in [-0.4, -0.2) is 25.9 Å². The highest BCUT2D eigenvalue weighted by Gasteiger charge is 2.19. The molecular formula is C19H19ClN4O2S. The second-order valence-electron chi connectivity index (χ2n) is 5.93. The molecule has 0 saturated carbocycles.